The highest BCUT2D eigenvalue weighted by Crippen LogP contribution is 2.14. The van der Waals surface area contributed by atoms with Gasteiger partial charge in [-0.1, -0.05) is 0 Å². The zero-order chi connectivity index (χ0) is 14.6. The highest BCUT2D eigenvalue weighted by molar-refractivity contribution is 14.0. The summed E-state index contributed by atoms with van der Waals surface area (Å²) in [6.45, 7) is 6.72. The van der Waals surface area contributed by atoms with E-state index in [1.54, 1.807) is 19.4 Å². The maximum atomic E-state index is 5.24. The molecule has 0 unspecified atom stereocenters. The maximum Gasteiger partial charge on any atom is 0.216 e. The van der Waals surface area contributed by atoms with Crippen LogP contribution in [0.15, 0.2) is 27.8 Å². The molecule has 0 saturated heterocycles. The van der Waals surface area contributed by atoms with E-state index in [1.165, 1.54) is 0 Å². The van der Waals surface area contributed by atoms with Gasteiger partial charge in [0.25, 0.3) is 0 Å². The van der Waals surface area contributed by atoms with Gasteiger partial charge in [-0.25, -0.2) is 4.98 Å². The number of rotatable bonds is 3. The second-order valence-electron chi connectivity index (χ2n) is 5.38. The SMILES string of the molecule is CN=C(NCc1nc(-c2ccco2)n[nH]1)NC(C)(C)C.I. The Morgan fingerprint density at radius 3 is 2.76 bits per heavy atom. The summed E-state index contributed by atoms with van der Waals surface area (Å²) in [4.78, 5) is 8.51. The minimum absolute atomic E-state index is 0. The average Bonchev–Trinajstić information content (AvgIpc) is 3.03. The van der Waals surface area contributed by atoms with Gasteiger partial charge in [-0.05, 0) is 32.9 Å². The highest BCUT2D eigenvalue weighted by Gasteiger charge is 2.13. The molecule has 0 spiro atoms. The van der Waals surface area contributed by atoms with Crippen molar-refractivity contribution in [2.24, 2.45) is 4.99 Å². The number of nitrogens with one attached hydrogen (secondary N) is 3. The number of aromatic nitrogens is 3. The van der Waals surface area contributed by atoms with Crippen molar-refractivity contribution < 1.29 is 4.42 Å². The summed E-state index contributed by atoms with van der Waals surface area (Å²) in [5.41, 5.74) is -0.0530. The molecular formula is C13H21IN6O. The average molecular weight is 404 g/mol. The van der Waals surface area contributed by atoms with Gasteiger partial charge >= 0.3 is 0 Å². The van der Waals surface area contributed by atoms with Crippen molar-refractivity contribution in [3.8, 4) is 11.6 Å². The molecule has 7 nitrogen and oxygen atoms in total. The quantitative estimate of drug-likeness (QED) is 0.414. The zero-order valence-electron chi connectivity index (χ0n) is 12.6. The molecule has 0 amide bonds. The van der Waals surface area contributed by atoms with E-state index >= 15 is 0 Å². The first-order chi connectivity index (χ1) is 9.48. The lowest BCUT2D eigenvalue weighted by Gasteiger charge is -2.23. The van der Waals surface area contributed by atoms with Gasteiger partial charge in [0, 0.05) is 12.6 Å². The van der Waals surface area contributed by atoms with Crippen LogP contribution < -0.4 is 10.6 Å². The van der Waals surface area contributed by atoms with Crippen molar-refractivity contribution in [3.63, 3.8) is 0 Å². The lowest BCUT2D eigenvalue weighted by Crippen LogP contribution is -2.47. The van der Waals surface area contributed by atoms with Crippen molar-refractivity contribution in [2.45, 2.75) is 32.9 Å². The summed E-state index contributed by atoms with van der Waals surface area (Å²) >= 11 is 0. The molecule has 0 aliphatic rings. The van der Waals surface area contributed by atoms with Crippen molar-refractivity contribution in [2.75, 3.05) is 7.05 Å². The first-order valence-corrected chi connectivity index (χ1v) is 6.42. The van der Waals surface area contributed by atoms with Gasteiger partial charge in [-0.2, -0.15) is 0 Å². The van der Waals surface area contributed by atoms with E-state index < -0.39 is 0 Å². The largest absolute Gasteiger partial charge is 0.461 e. The second-order valence-corrected chi connectivity index (χ2v) is 5.38. The van der Waals surface area contributed by atoms with Gasteiger partial charge in [0.05, 0.1) is 12.8 Å². The first kappa shape index (κ1) is 17.5. The van der Waals surface area contributed by atoms with E-state index in [0.29, 0.717) is 29.9 Å². The van der Waals surface area contributed by atoms with E-state index in [-0.39, 0.29) is 29.5 Å². The molecule has 3 N–H and O–H groups in total. The number of aromatic amines is 1. The standard InChI is InChI=1S/C13H20N6O.HI/c1-13(2,3)17-12(14-4)15-8-10-16-11(19-18-10)9-6-5-7-20-9;/h5-7H,8H2,1-4H3,(H2,14,15,17)(H,16,18,19);1H. The Labute approximate surface area is 141 Å². The smallest absolute Gasteiger partial charge is 0.216 e. The van der Waals surface area contributed by atoms with Crippen molar-refractivity contribution >= 4 is 29.9 Å². The molecule has 0 saturated carbocycles. The minimum atomic E-state index is -0.0530. The molecule has 2 aromatic heterocycles. The summed E-state index contributed by atoms with van der Waals surface area (Å²) in [5.74, 6) is 2.62. The van der Waals surface area contributed by atoms with Crippen molar-refractivity contribution in [1.82, 2.24) is 25.8 Å². The predicted molar refractivity (Wildman–Crippen MR) is 92.6 cm³/mol. The Hall–Kier alpha value is -1.58. The molecule has 0 bridgehead atoms. The minimum Gasteiger partial charge on any atom is -0.461 e. The van der Waals surface area contributed by atoms with Crippen LogP contribution in [0.5, 0.6) is 0 Å². The zero-order valence-corrected chi connectivity index (χ0v) is 14.9. The number of nitrogens with zero attached hydrogens (tertiary/aromatic N) is 3. The third kappa shape index (κ3) is 5.37. The van der Waals surface area contributed by atoms with Gasteiger partial charge in [-0.15, -0.1) is 29.1 Å². The first-order valence-electron chi connectivity index (χ1n) is 6.42. The van der Waals surface area contributed by atoms with Crippen molar-refractivity contribution in [3.05, 3.63) is 24.2 Å². The number of hydrogen-bond acceptors (Lipinski definition) is 4. The summed E-state index contributed by atoms with van der Waals surface area (Å²) in [7, 11) is 1.73. The normalized spacial score (nSPS) is 11.9. The van der Waals surface area contributed by atoms with Gasteiger partial charge in [0.2, 0.25) is 5.82 Å². The molecule has 2 heterocycles. The molecule has 0 aromatic carbocycles. The molecule has 0 radical (unpaired) electrons. The summed E-state index contributed by atoms with van der Waals surface area (Å²) in [6, 6.07) is 3.62. The molecule has 21 heavy (non-hydrogen) atoms. The topological polar surface area (TPSA) is 91.1 Å². The van der Waals surface area contributed by atoms with Gasteiger partial charge in [0.1, 0.15) is 5.82 Å². The monoisotopic (exact) mass is 404 g/mol. The summed E-state index contributed by atoms with van der Waals surface area (Å²) in [6.07, 6.45) is 1.60. The van der Waals surface area contributed by atoms with E-state index in [1.807, 2.05) is 6.07 Å². The third-order valence-electron chi connectivity index (χ3n) is 2.41. The Balaban J connectivity index is 0.00000220. The Bertz CT molecular complexity index is 570. The predicted octanol–water partition coefficient (Wildman–Crippen LogP) is 2.15. The highest BCUT2D eigenvalue weighted by atomic mass is 127. The van der Waals surface area contributed by atoms with Crippen LogP contribution in [0, 0.1) is 0 Å². The van der Waals surface area contributed by atoms with Crippen LogP contribution in [-0.4, -0.2) is 33.7 Å². The van der Waals surface area contributed by atoms with Crippen LogP contribution in [-0.2, 0) is 6.54 Å². The third-order valence-corrected chi connectivity index (χ3v) is 2.41. The van der Waals surface area contributed by atoms with Crippen LogP contribution >= 0.6 is 24.0 Å². The lowest BCUT2D eigenvalue weighted by molar-refractivity contribution is 0.500. The molecule has 0 aliphatic carbocycles. The van der Waals surface area contributed by atoms with Crippen LogP contribution in [0.25, 0.3) is 11.6 Å². The molecule has 8 heteroatoms. The molecular weight excluding hydrogens is 383 g/mol. The molecule has 0 aliphatic heterocycles. The van der Waals surface area contributed by atoms with E-state index in [2.05, 4.69) is 51.6 Å². The Morgan fingerprint density at radius 1 is 1.43 bits per heavy atom. The van der Waals surface area contributed by atoms with Crippen LogP contribution in [0.2, 0.25) is 0 Å². The number of aliphatic imine (C=N–C) groups is 1. The fourth-order valence-electron chi connectivity index (χ4n) is 1.59. The van der Waals surface area contributed by atoms with Gasteiger partial charge in [-0.3, -0.25) is 10.1 Å². The summed E-state index contributed by atoms with van der Waals surface area (Å²) < 4.78 is 5.24. The maximum absolute atomic E-state index is 5.24. The van der Waals surface area contributed by atoms with Crippen LogP contribution in [0.3, 0.4) is 0 Å². The molecule has 0 fully saturated rings. The molecule has 116 valence electrons. The second kappa shape index (κ2) is 7.43. The lowest BCUT2D eigenvalue weighted by atomic mass is 10.1. The van der Waals surface area contributed by atoms with E-state index in [4.69, 9.17) is 4.42 Å². The fourth-order valence-corrected chi connectivity index (χ4v) is 1.59. The fraction of sp³-hybridized carbons (Fsp3) is 0.462. The number of H-pyrrole nitrogens is 1. The molecule has 2 rings (SSSR count). The molecule has 0 atom stereocenters. The summed E-state index contributed by atoms with van der Waals surface area (Å²) in [5, 5.41) is 13.4. The van der Waals surface area contributed by atoms with Crippen LogP contribution in [0.4, 0.5) is 0 Å². The van der Waals surface area contributed by atoms with Gasteiger partial charge < -0.3 is 15.1 Å². The van der Waals surface area contributed by atoms with E-state index in [0.717, 1.165) is 0 Å². The molecule has 2 aromatic rings. The number of hydrogen-bond donors (Lipinski definition) is 3. The van der Waals surface area contributed by atoms with Crippen LogP contribution in [0.1, 0.15) is 26.6 Å². The van der Waals surface area contributed by atoms with E-state index in [9.17, 15) is 0 Å². The Kier molecular flexibility index (Phi) is 6.19. The Morgan fingerprint density at radius 2 is 2.19 bits per heavy atom. The van der Waals surface area contributed by atoms with Crippen molar-refractivity contribution in [1.29, 1.82) is 0 Å². The van der Waals surface area contributed by atoms with Gasteiger partial charge in [0.15, 0.2) is 11.7 Å². The number of halogens is 1. The number of guanidine groups is 1. The number of furan rings is 1.